The number of carbonyl (C=O) groups excluding carboxylic acids is 1. The Hall–Kier alpha value is -2.96. The SMILES string of the molecule is CN(C(=O)Oc1ccc([N+](=O)[O-])cc1)c1ccncc1. The number of pyridine rings is 1. The lowest BCUT2D eigenvalue weighted by Crippen LogP contribution is -2.29. The molecule has 0 aliphatic rings. The summed E-state index contributed by atoms with van der Waals surface area (Å²) in [5, 5.41) is 10.5. The lowest BCUT2D eigenvalue weighted by Gasteiger charge is -2.16. The molecule has 102 valence electrons. The molecule has 1 amide bonds. The van der Waals surface area contributed by atoms with Crippen molar-refractivity contribution in [1.82, 2.24) is 4.98 Å². The maximum Gasteiger partial charge on any atom is 0.419 e. The summed E-state index contributed by atoms with van der Waals surface area (Å²) in [6, 6.07) is 8.62. The van der Waals surface area contributed by atoms with Gasteiger partial charge in [-0.05, 0) is 24.3 Å². The normalized spacial score (nSPS) is 9.85. The molecule has 0 atom stereocenters. The van der Waals surface area contributed by atoms with Crippen LogP contribution in [-0.2, 0) is 0 Å². The number of nitro benzene ring substituents is 1. The van der Waals surface area contributed by atoms with Crippen molar-refractivity contribution < 1.29 is 14.5 Å². The van der Waals surface area contributed by atoms with Crippen LogP contribution in [0.25, 0.3) is 0 Å². The number of carbonyl (C=O) groups is 1. The van der Waals surface area contributed by atoms with E-state index in [9.17, 15) is 14.9 Å². The molecule has 0 aliphatic carbocycles. The molecule has 0 N–H and O–H groups in total. The first kappa shape index (κ1) is 13.5. The van der Waals surface area contributed by atoms with Crippen molar-refractivity contribution >= 4 is 17.5 Å². The highest BCUT2D eigenvalue weighted by molar-refractivity contribution is 5.88. The molecule has 0 saturated carbocycles. The molecule has 20 heavy (non-hydrogen) atoms. The standard InChI is InChI=1S/C13H11N3O4/c1-15(10-6-8-14-9-7-10)13(17)20-12-4-2-11(3-5-12)16(18)19/h2-9H,1H3. The fraction of sp³-hybridized carbons (Fsp3) is 0.0769. The molecule has 7 heteroatoms. The number of nitrogens with zero attached hydrogens (tertiary/aromatic N) is 3. The van der Waals surface area contributed by atoms with Gasteiger partial charge in [0.05, 0.1) is 4.92 Å². The van der Waals surface area contributed by atoms with E-state index in [1.54, 1.807) is 31.6 Å². The Balaban J connectivity index is 2.06. The van der Waals surface area contributed by atoms with Gasteiger partial charge in [0.1, 0.15) is 5.75 Å². The number of amides is 1. The number of benzene rings is 1. The number of non-ortho nitro benzene ring substituents is 1. The van der Waals surface area contributed by atoms with Crippen LogP contribution in [0.5, 0.6) is 5.75 Å². The molecule has 0 bridgehead atoms. The second kappa shape index (κ2) is 5.79. The minimum absolute atomic E-state index is 0.0627. The predicted octanol–water partition coefficient (Wildman–Crippen LogP) is 2.63. The number of rotatable bonds is 3. The van der Waals surface area contributed by atoms with Crippen molar-refractivity contribution in [3.05, 3.63) is 58.9 Å². The number of aromatic nitrogens is 1. The number of nitro groups is 1. The van der Waals surface area contributed by atoms with E-state index in [1.807, 2.05) is 0 Å². The van der Waals surface area contributed by atoms with Gasteiger partial charge >= 0.3 is 6.09 Å². The lowest BCUT2D eigenvalue weighted by molar-refractivity contribution is -0.384. The summed E-state index contributed by atoms with van der Waals surface area (Å²) in [7, 11) is 1.56. The van der Waals surface area contributed by atoms with Gasteiger partial charge in [0, 0.05) is 37.3 Å². The molecule has 0 spiro atoms. The van der Waals surface area contributed by atoms with Crippen molar-refractivity contribution in [1.29, 1.82) is 0 Å². The smallest absolute Gasteiger partial charge is 0.410 e. The van der Waals surface area contributed by atoms with Gasteiger partial charge in [-0.2, -0.15) is 0 Å². The molecular formula is C13H11N3O4. The van der Waals surface area contributed by atoms with Crippen LogP contribution in [0.2, 0.25) is 0 Å². The second-order valence-corrected chi connectivity index (χ2v) is 3.88. The lowest BCUT2D eigenvalue weighted by atomic mass is 10.3. The average Bonchev–Trinajstić information content (AvgIpc) is 2.48. The largest absolute Gasteiger partial charge is 0.419 e. The summed E-state index contributed by atoms with van der Waals surface area (Å²) >= 11 is 0. The minimum Gasteiger partial charge on any atom is -0.410 e. The van der Waals surface area contributed by atoms with Crippen LogP contribution in [-0.4, -0.2) is 23.0 Å². The highest BCUT2D eigenvalue weighted by Crippen LogP contribution is 2.19. The summed E-state index contributed by atoms with van der Waals surface area (Å²) in [6.07, 6.45) is 2.53. The Morgan fingerprint density at radius 3 is 2.35 bits per heavy atom. The third-order valence-corrected chi connectivity index (χ3v) is 2.58. The Morgan fingerprint density at radius 1 is 1.20 bits per heavy atom. The van der Waals surface area contributed by atoms with E-state index < -0.39 is 11.0 Å². The Bertz CT molecular complexity index is 613. The third kappa shape index (κ3) is 3.08. The van der Waals surface area contributed by atoms with Crippen LogP contribution in [0.1, 0.15) is 0 Å². The highest BCUT2D eigenvalue weighted by Gasteiger charge is 2.14. The van der Waals surface area contributed by atoms with Crippen LogP contribution in [0.4, 0.5) is 16.2 Å². The summed E-state index contributed by atoms with van der Waals surface area (Å²) in [4.78, 5) is 27.0. The maximum absolute atomic E-state index is 11.9. The molecular weight excluding hydrogens is 262 g/mol. The molecule has 2 aromatic rings. The molecule has 0 radical (unpaired) electrons. The van der Waals surface area contributed by atoms with E-state index in [-0.39, 0.29) is 11.4 Å². The minimum atomic E-state index is -0.593. The van der Waals surface area contributed by atoms with Gasteiger partial charge in [0.15, 0.2) is 0 Å². The van der Waals surface area contributed by atoms with Crippen molar-refractivity contribution in [3.8, 4) is 5.75 Å². The van der Waals surface area contributed by atoms with Gasteiger partial charge in [-0.25, -0.2) is 4.79 Å². The Labute approximate surface area is 114 Å². The van der Waals surface area contributed by atoms with Crippen molar-refractivity contribution in [2.45, 2.75) is 0 Å². The van der Waals surface area contributed by atoms with E-state index in [0.29, 0.717) is 5.69 Å². The maximum atomic E-state index is 11.9. The van der Waals surface area contributed by atoms with Gasteiger partial charge in [-0.3, -0.25) is 20.0 Å². The fourth-order valence-corrected chi connectivity index (χ4v) is 1.48. The van der Waals surface area contributed by atoms with Crippen LogP contribution in [0.3, 0.4) is 0 Å². The summed E-state index contributed by atoms with van der Waals surface area (Å²) < 4.78 is 5.11. The van der Waals surface area contributed by atoms with E-state index >= 15 is 0 Å². The van der Waals surface area contributed by atoms with Gasteiger partial charge in [0.2, 0.25) is 0 Å². The highest BCUT2D eigenvalue weighted by atomic mass is 16.6. The first-order valence-electron chi connectivity index (χ1n) is 5.68. The van der Waals surface area contributed by atoms with Crippen molar-refractivity contribution in [3.63, 3.8) is 0 Å². The number of hydrogen-bond acceptors (Lipinski definition) is 5. The molecule has 7 nitrogen and oxygen atoms in total. The summed E-state index contributed by atoms with van der Waals surface area (Å²) in [6.45, 7) is 0. The van der Waals surface area contributed by atoms with E-state index in [0.717, 1.165) is 0 Å². The van der Waals surface area contributed by atoms with E-state index in [2.05, 4.69) is 4.98 Å². The Morgan fingerprint density at radius 2 is 1.80 bits per heavy atom. The first-order chi connectivity index (χ1) is 9.58. The molecule has 0 fully saturated rings. The summed E-state index contributed by atoms with van der Waals surface area (Å²) in [5.74, 6) is 0.238. The predicted molar refractivity (Wildman–Crippen MR) is 71.8 cm³/mol. The Kier molecular flexibility index (Phi) is 3.90. The third-order valence-electron chi connectivity index (χ3n) is 2.58. The molecule has 0 aliphatic heterocycles. The molecule has 1 aromatic heterocycles. The van der Waals surface area contributed by atoms with Gasteiger partial charge in [-0.15, -0.1) is 0 Å². The average molecular weight is 273 g/mol. The summed E-state index contributed by atoms with van der Waals surface area (Å²) in [5.41, 5.74) is 0.569. The molecule has 1 heterocycles. The molecule has 2 rings (SSSR count). The second-order valence-electron chi connectivity index (χ2n) is 3.88. The first-order valence-corrected chi connectivity index (χ1v) is 5.68. The van der Waals surface area contributed by atoms with Gasteiger partial charge in [-0.1, -0.05) is 0 Å². The van der Waals surface area contributed by atoms with Crippen LogP contribution in [0, 0.1) is 10.1 Å². The topological polar surface area (TPSA) is 85.6 Å². The fourth-order valence-electron chi connectivity index (χ4n) is 1.48. The van der Waals surface area contributed by atoms with E-state index in [4.69, 9.17) is 4.74 Å². The molecule has 1 aromatic carbocycles. The van der Waals surface area contributed by atoms with Crippen molar-refractivity contribution in [2.24, 2.45) is 0 Å². The van der Waals surface area contributed by atoms with E-state index in [1.165, 1.54) is 29.2 Å². The monoisotopic (exact) mass is 273 g/mol. The van der Waals surface area contributed by atoms with Crippen LogP contribution < -0.4 is 9.64 Å². The molecule has 0 saturated heterocycles. The van der Waals surface area contributed by atoms with Crippen LogP contribution in [0.15, 0.2) is 48.8 Å². The quantitative estimate of drug-likeness (QED) is 0.633. The van der Waals surface area contributed by atoms with Gasteiger partial charge < -0.3 is 4.74 Å². The zero-order valence-corrected chi connectivity index (χ0v) is 10.6. The molecule has 0 unspecified atom stereocenters. The number of ether oxygens (including phenoxy) is 1. The number of hydrogen-bond donors (Lipinski definition) is 0. The zero-order valence-electron chi connectivity index (χ0n) is 10.6. The van der Waals surface area contributed by atoms with Crippen molar-refractivity contribution in [2.75, 3.05) is 11.9 Å². The number of anilines is 1. The van der Waals surface area contributed by atoms with Gasteiger partial charge in [0.25, 0.3) is 5.69 Å². The zero-order chi connectivity index (χ0) is 14.5. The van der Waals surface area contributed by atoms with Crippen LogP contribution >= 0.6 is 0 Å².